The first-order valence-electron chi connectivity index (χ1n) is 9.96. The van der Waals surface area contributed by atoms with E-state index in [1.807, 2.05) is 29.2 Å². The van der Waals surface area contributed by atoms with E-state index in [1.165, 1.54) is 0 Å². The second-order valence-corrected chi connectivity index (χ2v) is 7.14. The Morgan fingerprint density at radius 2 is 1.93 bits per heavy atom. The molecule has 0 spiro atoms. The number of aromatic nitrogens is 1. The van der Waals surface area contributed by atoms with E-state index in [2.05, 4.69) is 29.0 Å². The summed E-state index contributed by atoms with van der Waals surface area (Å²) < 4.78 is 10.4. The van der Waals surface area contributed by atoms with Crippen molar-refractivity contribution in [3.8, 4) is 5.75 Å². The summed E-state index contributed by atoms with van der Waals surface area (Å²) in [5.74, 6) is 0.755. The Morgan fingerprint density at radius 3 is 2.59 bits per heavy atom. The number of nitrogens with zero attached hydrogens (tertiary/aromatic N) is 2. The topological polar surface area (TPSA) is 69.8 Å². The molecule has 7 nitrogen and oxygen atoms in total. The summed E-state index contributed by atoms with van der Waals surface area (Å²) in [6.45, 7) is 9.48. The van der Waals surface area contributed by atoms with Gasteiger partial charge in [-0.05, 0) is 49.6 Å². The van der Waals surface area contributed by atoms with E-state index in [0.29, 0.717) is 30.4 Å². The zero-order valence-electron chi connectivity index (χ0n) is 17.8. The van der Waals surface area contributed by atoms with Crippen LogP contribution in [0.5, 0.6) is 5.75 Å². The molecule has 0 amide bonds. The predicted octanol–water partition coefficient (Wildman–Crippen LogP) is 2.20. The molecule has 2 aromatic rings. The molecule has 0 aliphatic rings. The lowest BCUT2D eigenvalue weighted by atomic mass is 10.1. The van der Waals surface area contributed by atoms with Crippen molar-refractivity contribution >= 4 is 28.2 Å². The highest BCUT2D eigenvalue weighted by Crippen LogP contribution is 2.19. The van der Waals surface area contributed by atoms with Crippen molar-refractivity contribution in [3.63, 3.8) is 0 Å². The molecular formula is C21H32N4O3S. The van der Waals surface area contributed by atoms with Gasteiger partial charge in [-0.15, -0.1) is 0 Å². The van der Waals surface area contributed by atoms with Gasteiger partial charge in [-0.25, -0.2) is 0 Å². The van der Waals surface area contributed by atoms with E-state index in [9.17, 15) is 4.79 Å². The first kappa shape index (κ1) is 23.1. The van der Waals surface area contributed by atoms with Crippen LogP contribution in [0.3, 0.4) is 0 Å². The van der Waals surface area contributed by atoms with Crippen molar-refractivity contribution in [1.29, 1.82) is 0 Å². The third-order valence-corrected chi connectivity index (χ3v) is 5.34. The number of hydrogen-bond donors (Lipinski definition) is 2. The summed E-state index contributed by atoms with van der Waals surface area (Å²) in [6.07, 6.45) is 0. The average Bonchev–Trinajstić information content (AvgIpc) is 2.73. The van der Waals surface area contributed by atoms with E-state index in [4.69, 9.17) is 21.7 Å². The van der Waals surface area contributed by atoms with Crippen LogP contribution >= 0.6 is 12.2 Å². The van der Waals surface area contributed by atoms with Crippen LogP contribution in [0.15, 0.2) is 29.1 Å². The average molecular weight is 421 g/mol. The fourth-order valence-electron chi connectivity index (χ4n) is 3.11. The Bertz CT molecular complexity index is 851. The van der Waals surface area contributed by atoms with E-state index >= 15 is 0 Å². The largest absolute Gasteiger partial charge is 0.497 e. The van der Waals surface area contributed by atoms with Gasteiger partial charge in [-0.1, -0.05) is 13.8 Å². The fourth-order valence-corrected chi connectivity index (χ4v) is 3.36. The van der Waals surface area contributed by atoms with E-state index in [0.717, 1.165) is 42.8 Å². The summed E-state index contributed by atoms with van der Waals surface area (Å²) in [5, 5.41) is 4.78. The Kier molecular flexibility index (Phi) is 9.37. The van der Waals surface area contributed by atoms with Crippen molar-refractivity contribution < 1.29 is 9.47 Å². The summed E-state index contributed by atoms with van der Waals surface area (Å²) in [7, 11) is 3.29. The molecule has 0 radical (unpaired) electrons. The van der Waals surface area contributed by atoms with Crippen molar-refractivity contribution in [3.05, 3.63) is 40.2 Å². The molecule has 8 heteroatoms. The highest BCUT2D eigenvalue weighted by Gasteiger charge is 2.14. The van der Waals surface area contributed by atoms with Crippen LogP contribution < -0.4 is 15.6 Å². The minimum atomic E-state index is -0.102. The standard InChI is InChI=1S/C21H32N4O3S/c1-5-24(6-2)10-11-25(21(29)22-9-12-27-3)15-17-13-16-14-18(28-4)7-8-19(16)23-20(17)26/h7-8,13-14H,5-6,9-12,15H2,1-4H3,(H,22,29)(H,23,26). The second kappa shape index (κ2) is 11.7. The molecule has 1 aromatic carbocycles. The third-order valence-electron chi connectivity index (χ3n) is 4.94. The maximum absolute atomic E-state index is 12.6. The molecule has 0 saturated carbocycles. The van der Waals surface area contributed by atoms with Crippen molar-refractivity contribution in [2.24, 2.45) is 0 Å². The number of benzene rings is 1. The molecule has 2 N–H and O–H groups in total. The number of aromatic amines is 1. The molecule has 0 unspecified atom stereocenters. The Balaban J connectivity index is 2.24. The molecule has 0 atom stereocenters. The molecule has 0 fully saturated rings. The number of fused-ring (bicyclic) bond motifs is 1. The maximum atomic E-state index is 12.6. The molecule has 1 heterocycles. The number of thiocarbonyl (C=S) groups is 1. The minimum absolute atomic E-state index is 0.102. The monoisotopic (exact) mass is 420 g/mol. The summed E-state index contributed by atoms with van der Waals surface area (Å²) in [6, 6.07) is 7.53. The van der Waals surface area contributed by atoms with Gasteiger partial charge in [0.2, 0.25) is 0 Å². The normalized spacial score (nSPS) is 11.1. The first-order valence-corrected chi connectivity index (χ1v) is 10.4. The zero-order chi connectivity index (χ0) is 21.2. The van der Waals surface area contributed by atoms with E-state index < -0.39 is 0 Å². The van der Waals surface area contributed by atoms with Gasteiger partial charge in [0.15, 0.2) is 5.11 Å². The molecular weight excluding hydrogens is 388 g/mol. The quantitative estimate of drug-likeness (QED) is 0.427. The lowest BCUT2D eigenvalue weighted by Crippen LogP contribution is -2.45. The van der Waals surface area contributed by atoms with Crippen LogP contribution in [0.2, 0.25) is 0 Å². The summed E-state index contributed by atoms with van der Waals surface area (Å²) >= 11 is 5.60. The van der Waals surface area contributed by atoms with Gasteiger partial charge in [0, 0.05) is 43.2 Å². The van der Waals surface area contributed by atoms with Crippen LogP contribution in [0.4, 0.5) is 0 Å². The molecule has 2 rings (SSSR count). The van der Waals surface area contributed by atoms with Crippen LogP contribution in [0.25, 0.3) is 10.9 Å². The first-order chi connectivity index (χ1) is 14.0. The van der Waals surface area contributed by atoms with Gasteiger partial charge in [0.25, 0.3) is 5.56 Å². The van der Waals surface area contributed by atoms with Crippen molar-refractivity contribution in [2.75, 3.05) is 53.6 Å². The summed E-state index contributed by atoms with van der Waals surface area (Å²) in [5.41, 5.74) is 1.35. The molecule has 0 bridgehead atoms. The van der Waals surface area contributed by atoms with Crippen LogP contribution in [-0.2, 0) is 11.3 Å². The van der Waals surface area contributed by atoms with Crippen molar-refractivity contribution in [1.82, 2.24) is 20.1 Å². The molecule has 0 aliphatic carbocycles. The zero-order valence-corrected chi connectivity index (χ0v) is 18.6. The number of hydrogen-bond acceptors (Lipinski definition) is 5. The number of ether oxygens (including phenoxy) is 2. The number of pyridine rings is 1. The highest BCUT2D eigenvalue weighted by atomic mass is 32.1. The van der Waals surface area contributed by atoms with Crippen molar-refractivity contribution in [2.45, 2.75) is 20.4 Å². The fraction of sp³-hybridized carbons (Fsp3) is 0.524. The second-order valence-electron chi connectivity index (χ2n) is 6.75. The molecule has 29 heavy (non-hydrogen) atoms. The predicted molar refractivity (Wildman–Crippen MR) is 122 cm³/mol. The van der Waals surface area contributed by atoms with Gasteiger partial charge in [0.05, 0.1) is 20.3 Å². The highest BCUT2D eigenvalue weighted by molar-refractivity contribution is 7.80. The molecule has 0 saturated heterocycles. The Morgan fingerprint density at radius 1 is 1.17 bits per heavy atom. The van der Waals surface area contributed by atoms with Gasteiger partial charge in [0.1, 0.15) is 5.75 Å². The lowest BCUT2D eigenvalue weighted by Gasteiger charge is -2.28. The molecule has 0 aliphatic heterocycles. The van der Waals surface area contributed by atoms with Gasteiger partial charge in [-0.2, -0.15) is 0 Å². The maximum Gasteiger partial charge on any atom is 0.253 e. The van der Waals surface area contributed by atoms with Gasteiger partial charge < -0.3 is 29.6 Å². The summed E-state index contributed by atoms with van der Waals surface area (Å²) in [4.78, 5) is 20.0. The number of rotatable bonds is 11. The van der Waals surface area contributed by atoms with Crippen LogP contribution in [0, 0.1) is 0 Å². The van der Waals surface area contributed by atoms with E-state index in [-0.39, 0.29) is 5.56 Å². The Labute approximate surface area is 178 Å². The van der Waals surface area contributed by atoms with Crippen LogP contribution in [0.1, 0.15) is 19.4 Å². The van der Waals surface area contributed by atoms with Gasteiger partial charge in [-0.3, -0.25) is 4.79 Å². The smallest absolute Gasteiger partial charge is 0.253 e. The van der Waals surface area contributed by atoms with E-state index in [1.54, 1.807) is 14.2 Å². The minimum Gasteiger partial charge on any atom is -0.497 e. The lowest BCUT2D eigenvalue weighted by molar-refractivity contribution is 0.202. The number of likely N-dealkylation sites (N-methyl/N-ethyl adjacent to an activating group) is 1. The number of nitrogens with one attached hydrogen (secondary N) is 2. The molecule has 160 valence electrons. The number of H-pyrrole nitrogens is 1. The Hall–Kier alpha value is -2.16. The van der Waals surface area contributed by atoms with Gasteiger partial charge >= 0.3 is 0 Å². The SMILES string of the molecule is CCN(CC)CCN(Cc1cc2cc(OC)ccc2[nH]c1=O)C(=S)NCCOC. The van der Waals surface area contributed by atoms with Crippen LogP contribution in [-0.4, -0.2) is 73.4 Å². The number of methoxy groups -OCH3 is 2. The third kappa shape index (κ3) is 6.69. The molecule has 1 aromatic heterocycles.